The lowest BCUT2D eigenvalue weighted by atomic mass is 10.0. The fraction of sp³-hybridized carbons (Fsp3) is 0.0938. The van der Waals surface area contributed by atoms with Crippen molar-refractivity contribution in [2.75, 3.05) is 21.3 Å². The van der Waals surface area contributed by atoms with Crippen LogP contribution in [0.5, 0.6) is 23.0 Å². The number of nitrogens with one attached hydrogen (secondary N) is 2. The van der Waals surface area contributed by atoms with Crippen molar-refractivity contribution in [2.24, 2.45) is 5.10 Å². The van der Waals surface area contributed by atoms with Gasteiger partial charge in [0.15, 0.2) is 11.5 Å². The Kier molecular flexibility index (Phi) is 8.40. The number of aromatic amines is 1. The Hall–Kier alpha value is -5.28. The second-order valence-electron chi connectivity index (χ2n) is 8.97. The summed E-state index contributed by atoms with van der Waals surface area (Å²) in [6, 6.07) is 24.4. The number of hydrogen-bond acceptors (Lipinski definition) is 7. The maximum Gasteiger partial charge on any atom is 0.343 e. The Morgan fingerprint density at radius 2 is 1.62 bits per heavy atom. The van der Waals surface area contributed by atoms with Crippen molar-refractivity contribution < 1.29 is 28.5 Å². The van der Waals surface area contributed by atoms with E-state index in [4.69, 9.17) is 30.5 Å². The van der Waals surface area contributed by atoms with Gasteiger partial charge in [0.25, 0.3) is 5.91 Å². The van der Waals surface area contributed by atoms with Crippen molar-refractivity contribution in [3.8, 4) is 34.1 Å². The molecule has 0 unspecified atom stereocenters. The highest BCUT2D eigenvalue weighted by Crippen LogP contribution is 2.39. The average molecular weight is 584 g/mol. The number of hydrazone groups is 1. The number of ether oxygens (including phenoxy) is 4. The van der Waals surface area contributed by atoms with E-state index < -0.39 is 11.9 Å². The molecule has 5 rings (SSSR count). The number of fused-ring (bicyclic) bond motifs is 1. The molecule has 1 amide bonds. The number of halogens is 1. The van der Waals surface area contributed by atoms with Crippen LogP contribution < -0.4 is 24.4 Å². The summed E-state index contributed by atoms with van der Waals surface area (Å²) in [5.41, 5.74) is 5.75. The predicted octanol–water partition coefficient (Wildman–Crippen LogP) is 6.50. The molecule has 0 aliphatic rings. The van der Waals surface area contributed by atoms with Gasteiger partial charge in [0, 0.05) is 21.5 Å². The summed E-state index contributed by atoms with van der Waals surface area (Å²) >= 11 is 6.52. The van der Waals surface area contributed by atoms with Crippen molar-refractivity contribution in [3.05, 3.63) is 107 Å². The number of rotatable bonds is 9. The van der Waals surface area contributed by atoms with Crippen LogP contribution in [-0.2, 0) is 0 Å². The van der Waals surface area contributed by atoms with Crippen LogP contribution in [0, 0.1) is 0 Å². The molecule has 0 aliphatic carbocycles. The van der Waals surface area contributed by atoms with Gasteiger partial charge in [-0.05, 0) is 54.1 Å². The molecule has 0 saturated heterocycles. The van der Waals surface area contributed by atoms with Gasteiger partial charge in [0.2, 0.25) is 0 Å². The number of H-pyrrole nitrogens is 1. The molecule has 0 bridgehead atoms. The van der Waals surface area contributed by atoms with Crippen LogP contribution in [0.1, 0.15) is 26.4 Å². The van der Waals surface area contributed by atoms with Gasteiger partial charge in [-0.15, -0.1) is 0 Å². The second-order valence-corrected chi connectivity index (χ2v) is 9.38. The minimum atomic E-state index is -0.565. The topological polar surface area (TPSA) is 111 Å². The lowest BCUT2D eigenvalue weighted by Crippen LogP contribution is -2.19. The van der Waals surface area contributed by atoms with Crippen molar-refractivity contribution in [2.45, 2.75) is 0 Å². The number of esters is 1. The summed E-state index contributed by atoms with van der Waals surface area (Å²) in [5, 5.41) is 5.41. The Balaban J connectivity index is 1.37. The van der Waals surface area contributed by atoms with Crippen molar-refractivity contribution in [3.63, 3.8) is 0 Å². The number of carbonyl (C=O) groups is 2. The third kappa shape index (κ3) is 5.77. The molecule has 42 heavy (non-hydrogen) atoms. The first-order valence-electron chi connectivity index (χ1n) is 12.7. The van der Waals surface area contributed by atoms with E-state index in [1.54, 1.807) is 61.7 Å². The molecule has 212 valence electrons. The summed E-state index contributed by atoms with van der Waals surface area (Å²) in [4.78, 5) is 29.2. The third-order valence-corrected chi connectivity index (χ3v) is 6.79. The average Bonchev–Trinajstić information content (AvgIpc) is 3.41. The molecule has 0 atom stereocenters. The fourth-order valence-corrected chi connectivity index (χ4v) is 4.68. The quantitative estimate of drug-likeness (QED) is 0.0887. The molecule has 10 heteroatoms. The van der Waals surface area contributed by atoms with E-state index in [9.17, 15) is 9.59 Å². The van der Waals surface area contributed by atoms with Crippen molar-refractivity contribution in [1.82, 2.24) is 10.4 Å². The zero-order valence-corrected chi connectivity index (χ0v) is 23.7. The minimum Gasteiger partial charge on any atom is -0.497 e. The molecule has 0 saturated carbocycles. The zero-order chi connectivity index (χ0) is 29.6. The summed E-state index contributed by atoms with van der Waals surface area (Å²) in [6.07, 6.45) is 1.45. The molecule has 9 nitrogen and oxygen atoms in total. The first kappa shape index (κ1) is 28.3. The lowest BCUT2D eigenvalue weighted by Gasteiger charge is -2.10. The Morgan fingerprint density at radius 3 is 2.38 bits per heavy atom. The Labute approximate surface area is 246 Å². The van der Waals surface area contributed by atoms with Gasteiger partial charge >= 0.3 is 5.97 Å². The Morgan fingerprint density at radius 1 is 0.833 bits per heavy atom. The SMILES string of the molecule is COc1cccc(C(=O)Oc2ccc(C=NNC(=O)c3[nH]c4c(OC)cccc4c3-c3ccccc3Cl)cc2OC)c1. The summed E-state index contributed by atoms with van der Waals surface area (Å²) in [5.74, 6) is 0.617. The smallest absolute Gasteiger partial charge is 0.343 e. The van der Waals surface area contributed by atoms with Gasteiger partial charge in [0.1, 0.15) is 17.2 Å². The maximum atomic E-state index is 13.4. The number of aromatic nitrogens is 1. The Bertz CT molecular complexity index is 1810. The number of amides is 1. The maximum absolute atomic E-state index is 13.4. The molecule has 1 aromatic heterocycles. The first-order chi connectivity index (χ1) is 20.4. The number of nitrogens with zero attached hydrogens (tertiary/aromatic N) is 1. The van der Waals surface area contributed by atoms with E-state index in [1.807, 2.05) is 30.3 Å². The number of benzene rings is 4. The summed E-state index contributed by atoms with van der Waals surface area (Å²) < 4.78 is 21.6. The highest BCUT2D eigenvalue weighted by Gasteiger charge is 2.22. The van der Waals surface area contributed by atoms with E-state index in [1.165, 1.54) is 20.4 Å². The van der Waals surface area contributed by atoms with Crippen LogP contribution in [-0.4, -0.2) is 44.4 Å². The summed E-state index contributed by atoms with van der Waals surface area (Å²) in [7, 11) is 4.54. The van der Waals surface area contributed by atoms with Crippen LogP contribution in [0.15, 0.2) is 90.0 Å². The normalized spacial score (nSPS) is 11.0. The third-order valence-electron chi connectivity index (χ3n) is 6.46. The lowest BCUT2D eigenvalue weighted by molar-refractivity contribution is 0.0729. The molecule has 5 aromatic rings. The van der Waals surface area contributed by atoms with E-state index in [0.717, 1.165) is 5.39 Å². The zero-order valence-electron chi connectivity index (χ0n) is 22.9. The van der Waals surface area contributed by atoms with Gasteiger partial charge in [0.05, 0.1) is 38.6 Å². The second kappa shape index (κ2) is 12.5. The van der Waals surface area contributed by atoms with Gasteiger partial charge in [-0.3, -0.25) is 4.79 Å². The van der Waals surface area contributed by atoms with Crippen LogP contribution in [0.25, 0.3) is 22.0 Å². The summed E-state index contributed by atoms with van der Waals surface area (Å²) in [6.45, 7) is 0. The molecule has 0 aliphatic heterocycles. The van der Waals surface area contributed by atoms with E-state index >= 15 is 0 Å². The molecule has 0 fully saturated rings. The van der Waals surface area contributed by atoms with Crippen LogP contribution >= 0.6 is 11.6 Å². The molecule has 4 aromatic carbocycles. The van der Waals surface area contributed by atoms with Gasteiger partial charge in [-0.1, -0.05) is 48.0 Å². The van der Waals surface area contributed by atoms with Gasteiger partial charge in [-0.2, -0.15) is 5.10 Å². The van der Waals surface area contributed by atoms with E-state index in [2.05, 4.69) is 15.5 Å². The van der Waals surface area contributed by atoms with Gasteiger partial charge in [-0.25, -0.2) is 10.2 Å². The molecule has 0 spiro atoms. The van der Waals surface area contributed by atoms with E-state index in [-0.39, 0.29) is 11.4 Å². The molecule has 1 heterocycles. The monoisotopic (exact) mass is 583 g/mol. The standard InChI is InChI=1S/C32H26ClN3O6/c1-39-21-9-6-8-20(17-21)32(38)42-25-15-14-19(16-27(25)41-3)18-34-36-31(37)30-28(22-10-4-5-12-24(22)33)23-11-7-13-26(40-2)29(23)35-30/h4-18,35H,1-3H3,(H,36,37). The van der Waals surface area contributed by atoms with Crippen LogP contribution in [0.2, 0.25) is 5.02 Å². The molecule has 2 N–H and O–H groups in total. The first-order valence-corrected chi connectivity index (χ1v) is 13.1. The predicted molar refractivity (Wildman–Crippen MR) is 161 cm³/mol. The van der Waals surface area contributed by atoms with Crippen molar-refractivity contribution in [1.29, 1.82) is 0 Å². The number of carbonyl (C=O) groups excluding carboxylic acids is 2. The number of hydrogen-bond donors (Lipinski definition) is 2. The number of para-hydroxylation sites is 1. The van der Waals surface area contributed by atoms with E-state index in [0.29, 0.717) is 50.0 Å². The minimum absolute atomic E-state index is 0.225. The highest BCUT2D eigenvalue weighted by molar-refractivity contribution is 6.34. The fourth-order valence-electron chi connectivity index (χ4n) is 4.45. The van der Waals surface area contributed by atoms with Crippen LogP contribution in [0.4, 0.5) is 0 Å². The molecular weight excluding hydrogens is 558 g/mol. The van der Waals surface area contributed by atoms with Crippen molar-refractivity contribution >= 4 is 40.6 Å². The van der Waals surface area contributed by atoms with Crippen LogP contribution in [0.3, 0.4) is 0 Å². The largest absolute Gasteiger partial charge is 0.497 e. The van der Waals surface area contributed by atoms with Gasteiger partial charge < -0.3 is 23.9 Å². The molecular formula is C32H26ClN3O6. The number of methoxy groups -OCH3 is 3. The molecule has 0 radical (unpaired) electrons. The highest BCUT2D eigenvalue weighted by atomic mass is 35.5.